The zero-order valence-electron chi connectivity index (χ0n) is 8.99. The first-order valence-electron chi connectivity index (χ1n) is 4.78. The number of carbonyl (C=O) groups excluding carboxylic acids is 1. The van der Waals surface area contributed by atoms with Crippen LogP contribution in [0, 0.1) is 0 Å². The van der Waals surface area contributed by atoms with Gasteiger partial charge in [0.2, 0.25) is 0 Å². The fourth-order valence-corrected chi connectivity index (χ4v) is 1.47. The Bertz CT molecular complexity index is 435. The molecule has 4 N–H and O–H groups in total. The number of nitrogens with zero attached hydrogens (tertiary/aromatic N) is 2. The summed E-state index contributed by atoms with van der Waals surface area (Å²) in [6.07, 6.45) is 0.760. The fraction of sp³-hybridized carbons (Fsp3) is 0.375. The van der Waals surface area contributed by atoms with Crippen molar-refractivity contribution in [2.75, 3.05) is 5.32 Å². The number of anilines is 1. The summed E-state index contributed by atoms with van der Waals surface area (Å²) >= 11 is 0.930. The molecule has 1 aromatic heterocycles. The number of carbonyl (C=O) groups is 3. The van der Waals surface area contributed by atoms with Crippen LogP contribution in [0.15, 0.2) is 6.20 Å². The highest BCUT2D eigenvalue weighted by Crippen LogP contribution is 2.08. The summed E-state index contributed by atoms with van der Waals surface area (Å²) in [5.74, 6) is -2.43. The molecule has 1 heterocycles. The Morgan fingerprint density at radius 1 is 1.39 bits per heavy atom. The average molecular weight is 274 g/mol. The third kappa shape index (κ3) is 4.74. The van der Waals surface area contributed by atoms with Crippen molar-refractivity contribution in [3.05, 3.63) is 6.20 Å². The van der Waals surface area contributed by atoms with Crippen LogP contribution < -0.4 is 10.6 Å². The molecule has 1 aromatic rings. The molecule has 18 heavy (non-hydrogen) atoms. The van der Waals surface area contributed by atoms with Gasteiger partial charge in [0.1, 0.15) is 11.0 Å². The first-order chi connectivity index (χ1) is 8.49. The van der Waals surface area contributed by atoms with Crippen molar-refractivity contribution in [1.29, 1.82) is 0 Å². The molecule has 98 valence electrons. The van der Waals surface area contributed by atoms with Crippen LogP contribution in [0.3, 0.4) is 0 Å². The summed E-state index contributed by atoms with van der Waals surface area (Å²) in [4.78, 5) is 32.5. The number of aromatic nitrogens is 2. The van der Waals surface area contributed by atoms with Gasteiger partial charge in [0.25, 0.3) is 0 Å². The van der Waals surface area contributed by atoms with Crippen molar-refractivity contribution in [2.45, 2.75) is 18.9 Å². The van der Waals surface area contributed by atoms with Gasteiger partial charge in [0, 0.05) is 18.0 Å². The third-order valence-corrected chi connectivity index (χ3v) is 2.43. The van der Waals surface area contributed by atoms with Crippen LogP contribution >= 0.6 is 11.5 Å². The van der Waals surface area contributed by atoms with Gasteiger partial charge in [-0.05, 0) is 6.42 Å². The van der Waals surface area contributed by atoms with Crippen LogP contribution in [0.25, 0.3) is 0 Å². The molecule has 0 bridgehead atoms. The number of nitrogens with one attached hydrogen (secondary N) is 2. The van der Waals surface area contributed by atoms with Crippen LogP contribution in [-0.4, -0.2) is 43.8 Å². The maximum Gasteiger partial charge on any atom is 0.326 e. The number of amides is 2. The van der Waals surface area contributed by atoms with E-state index in [0.717, 1.165) is 11.5 Å². The van der Waals surface area contributed by atoms with Gasteiger partial charge in [0.05, 0.1) is 6.20 Å². The van der Waals surface area contributed by atoms with E-state index < -0.39 is 24.0 Å². The molecular formula is C8H10N4O5S. The number of urea groups is 1. The van der Waals surface area contributed by atoms with Crippen LogP contribution in [0.5, 0.6) is 0 Å². The zero-order valence-corrected chi connectivity index (χ0v) is 9.81. The Kier molecular flexibility index (Phi) is 4.99. The fourth-order valence-electron chi connectivity index (χ4n) is 1.05. The van der Waals surface area contributed by atoms with Gasteiger partial charge >= 0.3 is 18.0 Å². The third-order valence-electron chi connectivity index (χ3n) is 1.85. The highest BCUT2D eigenvalue weighted by Gasteiger charge is 2.21. The quantitative estimate of drug-likeness (QED) is 0.571. The first kappa shape index (κ1) is 13.8. The van der Waals surface area contributed by atoms with Gasteiger partial charge in [-0.25, -0.2) is 9.59 Å². The molecule has 9 nitrogen and oxygen atoms in total. The summed E-state index contributed by atoms with van der Waals surface area (Å²) in [5, 5.41) is 25.6. The summed E-state index contributed by atoms with van der Waals surface area (Å²) < 4.78 is 3.50. The largest absolute Gasteiger partial charge is 0.481 e. The van der Waals surface area contributed by atoms with Crippen molar-refractivity contribution >= 4 is 34.5 Å². The van der Waals surface area contributed by atoms with Crippen molar-refractivity contribution in [1.82, 2.24) is 14.9 Å². The predicted molar refractivity (Wildman–Crippen MR) is 60.4 cm³/mol. The first-order valence-corrected chi connectivity index (χ1v) is 5.56. The van der Waals surface area contributed by atoms with Crippen molar-refractivity contribution in [2.24, 2.45) is 0 Å². The Hall–Kier alpha value is -2.23. The van der Waals surface area contributed by atoms with E-state index in [2.05, 4.69) is 20.2 Å². The predicted octanol–water partition coefficient (Wildman–Crippen LogP) is -0.0224. The second kappa shape index (κ2) is 6.49. The molecule has 2 amide bonds. The molecule has 0 aliphatic heterocycles. The van der Waals surface area contributed by atoms with Gasteiger partial charge in [0.15, 0.2) is 0 Å². The molecule has 0 aliphatic rings. The van der Waals surface area contributed by atoms with Crippen LogP contribution in [0.4, 0.5) is 9.80 Å². The molecule has 0 spiro atoms. The molecule has 0 aromatic carbocycles. The Balaban J connectivity index is 2.47. The topological polar surface area (TPSA) is 142 Å². The number of hydrogen-bond donors (Lipinski definition) is 4. The smallest absolute Gasteiger partial charge is 0.326 e. The summed E-state index contributed by atoms with van der Waals surface area (Å²) in [6, 6.07) is -2.01. The monoisotopic (exact) mass is 274 g/mol. The minimum Gasteiger partial charge on any atom is -0.481 e. The molecule has 0 aliphatic carbocycles. The minimum absolute atomic E-state index is 0.195. The van der Waals surface area contributed by atoms with Crippen molar-refractivity contribution < 1.29 is 24.6 Å². The molecule has 1 atom stereocenters. The van der Waals surface area contributed by atoms with Gasteiger partial charge in [-0.3, -0.25) is 10.1 Å². The molecule has 10 heteroatoms. The van der Waals surface area contributed by atoms with Gasteiger partial charge in [-0.2, -0.15) is 0 Å². The Morgan fingerprint density at radius 3 is 2.61 bits per heavy atom. The lowest BCUT2D eigenvalue weighted by Crippen LogP contribution is -2.43. The van der Waals surface area contributed by atoms with Crippen LogP contribution in [0.2, 0.25) is 0 Å². The van der Waals surface area contributed by atoms with E-state index in [1.54, 1.807) is 0 Å². The number of rotatable bonds is 6. The number of hydrogen-bond acceptors (Lipinski definition) is 6. The normalized spacial score (nSPS) is 11.6. The van der Waals surface area contributed by atoms with Crippen molar-refractivity contribution in [3.8, 4) is 0 Å². The standard InChI is InChI=1S/C8H10N4O5S/c13-6(14)2-1-4(7(15)16)10-8(17)11-5-3-9-12-18-5/h3-4H,1-2H2,(H,13,14)(H,15,16)(H2,10,11,17). The second-order valence-electron chi connectivity index (χ2n) is 3.20. The van der Waals surface area contributed by atoms with E-state index in [1.807, 2.05) is 0 Å². The molecule has 0 radical (unpaired) electrons. The zero-order chi connectivity index (χ0) is 13.5. The molecule has 0 saturated carbocycles. The molecule has 1 rings (SSSR count). The maximum absolute atomic E-state index is 11.4. The van der Waals surface area contributed by atoms with E-state index in [9.17, 15) is 14.4 Å². The highest BCUT2D eigenvalue weighted by molar-refractivity contribution is 7.10. The van der Waals surface area contributed by atoms with Crippen LogP contribution in [-0.2, 0) is 9.59 Å². The Morgan fingerprint density at radius 2 is 2.11 bits per heavy atom. The summed E-state index contributed by atoms with van der Waals surface area (Å²) in [5.41, 5.74) is 0. The molecular weight excluding hydrogens is 264 g/mol. The molecule has 1 unspecified atom stereocenters. The van der Waals surface area contributed by atoms with E-state index in [4.69, 9.17) is 10.2 Å². The molecule has 0 fully saturated rings. The van der Waals surface area contributed by atoms with E-state index in [0.29, 0.717) is 5.00 Å². The van der Waals surface area contributed by atoms with E-state index in [-0.39, 0.29) is 12.8 Å². The summed E-state index contributed by atoms with van der Waals surface area (Å²) in [6.45, 7) is 0. The average Bonchev–Trinajstić information content (AvgIpc) is 2.76. The Labute approximate surface area is 105 Å². The molecule has 0 saturated heterocycles. The SMILES string of the molecule is O=C(O)CCC(NC(=O)Nc1cnns1)C(=O)O. The lowest BCUT2D eigenvalue weighted by molar-refractivity contribution is -0.140. The number of carboxylic acids is 2. The second-order valence-corrected chi connectivity index (χ2v) is 3.99. The van der Waals surface area contributed by atoms with Gasteiger partial charge in [-0.1, -0.05) is 4.49 Å². The summed E-state index contributed by atoms with van der Waals surface area (Å²) in [7, 11) is 0. The highest BCUT2D eigenvalue weighted by atomic mass is 32.1. The number of aliphatic carboxylic acids is 2. The lowest BCUT2D eigenvalue weighted by atomic mass is 10.1. The number of carboxylic acid groups (broad SMARTS) is 2. The maximum atomic E-state index is 11.4. The van der Waals surface area contributed by atoms with Crippen LogP contribution in [0.1, 0.15) is 12.8 Å². The van der Waals surface area contributed by atoms with E-state index in [1.165, 1.54) is 6.20 Å². The minimum atomic E-state index is -1.30. The van der Waals surface area contributed by atoms with E-state index >= 15 is 0 Å². The van der Waals surface area contributed by atoms with Gasteiger partial charge < -0.3 is 15.5 Å². The van der Waals surface area contributed by atoms with Gasteiger partial charge in [-0.15, -0.1) is 5.10 Å². The lowest BCUT2D eigenvalue weighted by Gasteiger charge is -2.13. The van der Waals surface area contributed by atoms with Crippen molar-refractivity contribution in [3.63, 3.8) is 0 Å².